The van der Waals surface area contributed by atoms with Gasteiger partial charge in [0, 0.05) is 12.1 Å². The van der Waals surface area contributed by atoms with Crippen LogP contribution in [0.2, 0.25) is 0 Å². The molecule has 2 heterocycles. The third kappa shape index (κ3) is 2.44. The first kappa shape index (κ1) is 14.5. The van der Waals surface area contributed by atoms with Crippen LogP contribution in [-0.4, -0.2) is 27.1 Å². The number of carbonyl (C=O) groups excluding carboxylic acids is 1. The minimum absolute atomic E-state index is 0.0395. The summed E-state index contributed by atoms with van der Waals surface area (Å²) < 4.78 is 1.65. The standard InChI is InChI=1S/C19H18N4O/c20-18-16-13-22(12-11-14-7-3-1-4-8-14)19(24)17(16)21-23(18)15-9-5-2-6-10-15/h1-10H,11-13,20H2. The van der Waals surface area contributed by atoms with E-state index in [1.807, 2.05) is 53.4 Å². The SMILES string of the molecule is Nc1c2c(nn1-c1ccccc1)C(=O)N(CCc1ccccc1)C2. The first-order chi connectivity index (χ1) is 11.7. The Labute approximate surface area is 140 Å². The van der Waals surface area contributed by atoms with Crippen LogP contribution in [0.25, 0.3) is 5.69 Å². The first-order valence-electron chi connectivity index (χ1n) is 8.00. The molecule has 0 saturated heterocycles. The summed E-state index contributed by atoms with van der Waals surface area (Å²) in [6.07, 6.45) is 0.829. The number of amides is 1. The number of hydrogen-bond donors (Lipinski definition) is 1. The fraction of sp³-hybridized carbons (Fsp3) is 0.158. The molecule has 4 rings (SSSR count). The monoisotopic (exact) mass is 318 g/mol. The molecule has 120 valence electrons. The Bertz CT molecular complexity index is 871. The number of nitrogens with two attached hydrogens (primary N) is 1. The van der Waals surface area contributed by atoms with E-state index in [0.29, 0.717) is 24.6 Å². The molecule has 1 aliphatic rings. The van der Waals surface area contributed by atoms with E-state index in [2.05, 4.69) is 17.2 Å². The number of carbonyl (C=O) groups is 1. The molecule has 0 radical (unpaired) electrons. The largest absolute Gasteiger partial charge is 0.383 e. The predicted octanol–water partition coefficient (Wildman–Crippen LogP) is 2.65. The number of aromatic nitrogens is 2. The lowest BCUT2D eigenvalue weighted by molar-refractivity contribution is 0.0774. The molecule has 2 N–H and O–H groups in total. The van der Waals surface area contributed by atoms with Crippen LogP contribution >= 0.6 is 0 Å². The van der Waals surface area contributed by atoms with Crippen molar-refractivity contribution >= 4 is 11.7 Å². The Hall–Kier alpha value is -3.08. The second-order valence-electron chi connectivity index (χ2n) is 5.92. The van der Waals surface area contributed by atoms with Crippen LogP contribution in [0.1, 0.15) is 21.6 Å². The Morgan fingerprint density at radius 2 is 1.67 bits per heavy atom. The summed E-state index contributed by atoms with van der Waals surface area (Å²) in [7, 11) is 0. The highest BCUT2D eigenvalue weighted by molar-refractivity contribution is 5.98. The molecule has 3 aromatic rings. The van der Waals surface area contributed by atoms with E-state index in [9.17, 15) is 4.79 Å². The molecule has 0 atom stereocenters. The summed E-state index contributed by atoms with van der Waals surface area (Å²) in [5, 5.41) is 4.45. The van der Waals surface area contributed by atoms with E-state index in [0.717, 1.165) is 17.7 Å². The van der Waals surface area contributed by atoms with Gasteiger partial charge in [0.25, 0.3) is 5.91 Å². The predicted molar refractivity (Wildman–Crippen MR) is 92.9 cm³/mol. The van der Waals surface area contributed by atoms with Crippen molar-refractivity contribution in [2.75, 3.05) is 12.3 Å². The summed E-state index contributed by atoms with van der Waals surface area (Å²) in [5.41, 5.74) is 9.63. The van der Waals surface area contributed by atoms with Crippen molar-refractivity contribution in [3.63, 3.8) is 0 Å². The second kappa shape index (κ2) is 5.85. The van der Waals surface area contributed by atoms with E-state index in [1.54, 1.807) is 4.68 Å². The summed E-state index contributed by atoms with van der Waals surface area (Å²) >= 11 is 0. The molecule has 5 heteroatoms. The summed E-state index contributed by atoms with van der Waals surface area (Å²) in [5.74, 6) is 0.508. The number of nitrogens with zero attached hydrogens (tertiary/aromatic N) is 3. The van der Waals surface area contributed by atoms with E-state index in [1.165, 1.54) is 5.56 Å². The maximum absolute atomic E-state index is 12.6. The molecule has 1 amide bonds. The average Bonchev–Trinajstić information content (AvgIpc) is 3.12. The zero-order valence-electron chi connectivity index (χ0n) is 13.2. The van der Waals surface area contributed by atoms with Crippen molar-refractivity contribution in [2.24, 2.45) is 0 Å². The van der Waals surface area contributed by atoms with Gasteiger partial charge in [-0.3, -0.25) is 4.79 Å². The average molecular weight is 318 g/mol. The van der Waals surface area contributed by atoms with Crippen LogP contribution in [0.15, 0.2) is 60.7 Å². The highest BCUT2D eigenvalue weighted by Crippen LogP contribution is 2.29. The first-order valence-corrected chi connectivity index (χ1v) is 8.00. The molecule has 5 nitrogen and oxygen atoms in total. The van der Waals surface area contributed by atoms with Crippen LogP contribution in [0.4, 0.5) is 5.82 Å². The minimum Gasteiger partial charge on any atom is -0.383 e. The van der Waals surface area contributed by atoms with Crippen LogP contribution in [0.3, 0.4) is 0 Å². The molecule has 0 fully saturated rings. The number of fused-ring (bicyclic) bond motifs is 1. The van der Waals surface area contributed by atoms with Crippen LogP contribution in [0.5, 0.6) is 0 Å². The Kier molecular flexibility index (Phi) is 3.54. The summed E-state index contributed by atoms with van der Waals surface area (Å²) in [4.78, 5) is 14.4. The van der Waals surface area contributed by atoms with Crippen molar-refractivity contribution in [1.29, 1.82) is 0 Å². The smallest absolute Gasteiger partial charge is 0.275 e. The van der Waals surface area contributed by atoms with Gasteiger partial charge in [-0.25, -0.2) is 4.68 Å². The van der Waals surface area contributed by atoms with Crippen molar-refractivity contribution in [2.45, 2.75) is 13.0 Å². The van der Waals surface area contributed by atoms with E-state index >= 15 is 0 Å². The Morgan fingerprint density at radius 3 is 2.33 bits per heavy atom. The van der Waals surface area contributed by atoms with Gasteiger partial charge in [-0.2, -0.15) is 5.10 Å². The van der Waals surface area contributed by atoms with E-state index in [4.69, 9.17) is 5.73 Å². The third-order valence-electron chi connectivity index (χ3n) is 4.38. The van der Waals surface area contributed by atoms with Crippen LogP contribution in [0, 0.1) is 0 Å². The van der Waals surface area contributed by atoms with Gasteiger partial charge >= 0.3 is 0 Å². The van der Waals surface area contributed by atoms with Crippen molar-refractivity contribution in [3.05, 3.63) is 77.5 Å². The number of para-hydroxylation sites is 1. The van der Waals surface area contributed by atoms with Gasteiger partial charge in [-0.1, -0.05) is 48.5 Å². The Morgan fingerprint density at radius 1 is 1.00 bits per heavy atom. The number of nitrogen functional groups attached to an aromatic ring is 1. The fourth-order valence-electron chi connectivity index (χ4n) is 3.06. The molecule has 2 aromatic carbocycles. The highest BCUT2D eigenvalue weighted by atomic mass is 16.2. The molecule has 1 aromatic heterocycles. The van der Waals surface area contributed by atoms with Gasteiger partial charge < -0.3 is 10.6 Å². The highest BCUT2D eigenvalue weighted by Gasteiger charge is 2.33. The molecule has 0 spiro atoms. The van der Waals surface area contributed by atoms with Crippen molar-refractivity contribution < 1.29 is 4.79 Å². The van der Waals surface area contributed by atoms with Gasteiger partial charge in [0.15, 0.2) is 5.69 Å². The molecular formula is C19H18N4O. The maximum atomic E-state index is 12.6. The number of hydrogen-bond acceptors (Lipinski definition) is 3. The van der Waals surface area contributed by atoms with Crippen molar-refractivity contribution in [1.82, 2.24) is 14.7 Å². The van der Waals surface area contributed by atoms with E-state index in [-0.39, 0.29) is 5.91 Å². The van der Waals surface area contributed by atoms with Gasteiger partial charge in [0.05, 0.1) is 12.2 Å². The van der Waals surface area contributed by atoms with E-state index < -0.39 is 0 Å². The lowest BCUT2D eigenvalue weighted by atomic mass is 10.1. The van der Waals surface area contributed by atoms with Gasteiger partial charge in [0.2, 0.25) is 0 Å². The normalized spacial score (nSPS) is 13.3. The van der Waals surface area contributed by atoms with Crippen LogP contribution in [-0.2, 0) is 13.0 Å². The number of benzene rings is 2. The lowest BCUT2D eigenvalue weighted by Gasteiger charge is -2.16. The third-order valence-corrected chi connectivity index (χ3v) is 4.38. The second-order valence-corrected chi connectivity index (χ2v) is 5.92. The fourth-order valence-corrected chi connectivity index (χ4v) is 3.06. The summed E-state index contributed by atoms with van der Waals surface area (Å²) in [6.45, 7) is 1.20. The van der Waals surface area contributed by atoms with Gasteiger partial charge in [-0.05, 0) is 24.1 Å². The number of rotatable bonds is 4. The molecule has 24 heavy (non-hydrogen) atoms. The number of anilines is 1. The van der Waals surface area contributed by atoms with Gasteiger partial charge in [-0.15, -0.1) is 0 Å². The Balaban J connectivity index is 1.54. The topological polar surface area (TPSA) is 64.1 Å². The maximum Gasteiger partial charge on any atom is 0.275 e. The quantitative estimate of drug-likeness (QED) is 0.804. The molecule has 0 unspecified atom stereocenters. The zero-order valence-corrected chi connectivity index (χ0v) is 13.2. The molecular weight excluding hydrogens is 300 g/mol. The van der Waals surface area contributed by atoms with Gasteiger partial charge in [0.1, 0.15) is 5.82 Å². The minimum atomic E-state index is -0.0395. The summed E-state index contributed by atoms with van der Waals surface area (Å²) in [6, 6.07) is 19.8. The lowest BCUT2D eigenvalue weighted by Crippen LogP contribution is -2.27. The zero-order chi connectivity index (χ0) is 16.5. The molecule has 0 saturated carbocycles. The molecule has 0 aliphatic carbocycles. The van der Waals surface area contributed by atoms with Crippen molar-refractivity contribution in [3.8, 4) is 5.69 Å². The molecule has 0 bridgehead atoms. The van der Waals surface area contributed by atoms with Crippen LogP contribution < -0.4 is 5.73 Å². The molecule has 1 aliphatic heterocycles.